The van der Waals surface area contributed by atoms with Crippen LogP contribution in [0.4, 0.5) is 0 Å². The highest BCUT2D eigenvalue weighted by Gasteiger charge is 2.51. The normalized spacial score (nSPS) is 16.4. The Balaban J connectivity index is 1.30. The van der Waals surface area contributed by atoms with Gasteiger partial charge in [0.25, 0.3) is 0 Å². The molecule has 4 nitrogen and oxygen atoms in total. The summed E-state index contributed by atoms with van der Waals surface area (Å²) < 4.78 is 15.3. The van der Waals surface area contributed by atoms with Gasteiger partial charge in [-0.25, -0.2) is 0 Å². The average Bonchev–Trinajstić information content (AvgIpc) is 3.59. The van der Waals surface area contributed by atoms with Crippen molar-refractivity contribution in [3.05, 3.63) is 109 Å². The van der Waals surface area contributed by atoms with Crippen LogP contribution in [0.5, 0.6) is 0 Å². The molecule has 200 valence electrons. The Morgan fingerprint density at radius 1 is 0.610 bits per heavy atom. The number of H-pyrrole nitrogens is 1. The third kappa shape index (κ3) is 3.63. The monoisotopic (exact) mass is 534 g/mol. The number of hydrogen-bond acceptors (Lipinski definition) is 2. The summed E-state index contributed by atoms with van der Waals surface area (Å²) in [4.78, 5) is 3.70. The highest BCUT2D eigenvalue weighted by Crippen LogP contribution is 2.39. The molecule has 1 aliphatic heterocycles. The Morgan fingerprint density at radius 3 is 1.80 bits per heavy atom. The van der Waals surface area contributed by atoms with Gasteiger partial charge in [-0.3, -0.25) is 0 Å². The topological polar surface area (TPSA) is 39.2 Å². The molecule has 1 N–H and O–H groups in total. The molecule has 1 aliphatic rings. The standard InChI is InChI=1S/C36H31BN2O2/c1-35(2)36(3,4)41-37(40-35)24-21-29(34-30(22-24)26-11-5-8-14-31(26)38-34)23-17-19-25(20-18-23)39-32-15-9-6-12-27(32)28-13-7-10-16-33(28)39/h5-22,38H,1-4H3. The van der Waals surface area contributed by atoms with Crippen LogP contribution in [-0.4, -0.2) is 27.9 Å². The van der Waals surface area contributed by atoms with Gasteiger partial charge < -0.3 is 18.9 Å². The van der Waals surface area contributed by atoms with Gasteiger partial charge >= 0.3 is 7.12 Å². The number of aromatic amines is 1. The lowest BCUT2D eigenvalue weighted by Crippen LogP contribution is -2.41. The van der Waals surface area contributed by atoms with Crippen molar-refractivity contribution < 1.29 is 9.31 Å². The molecule has 0 radical (unpaired) electrons. The van der Waals surface area contributed by atoms with Gasteiger partial charge in [-0.2, -0.15) is 0 Å². The van der Waals surface area contributed by atoms with Crippen LogP contribution in [-0.2, 0) is 9.31 Å². The number of nitrogens with one attached hydrogen (secondary N) is 1. The summed E-state index contributed by atoms with van der Waals surface area (Å²) in [5, 5.41) is 4.91. The van der Waals surface area contributed by atoms with Crippen LogP contribution < -0.4 is 5.46 Å². The van der Waals surface area contributed by atoms with Crippen LogP contribution in [0.25, 0.3) is 60.4 Å². The minimum Gasteiger partial charge on any atom is -0.399 e. The first kappa shape index (κ1) is 24.5. The Morgan fingerprint density at radius 2 is 1.17 bits per heavy atom. The lowest BCUT2D eigenvalue weighted by atomic mass is 9.77. The molecule has 2 aromatic heterocycles. The molecule has 5 aromatic carbocycles. The van der Waals surface area contributed by atoms with Crippen molar-refractivity contribution in [1.82, 2.24) is 9.55 Å². The summed E-state index contributed by atoms with van der Waals surface area (Å²) >= 11 is 0. The minimum atomic E-state index is -0.436. The summed E-state index contributed by atoms with van der Waals surface area (Å²) in [6.07, 6.45) is 0. The van der Waals surface area contributed by atoms with E-state index in [0.717, 1.165) is 33.3 Å². The smallest absolute Gasteiger partial charge is 0.399 e. The zero-order chi connectivity index (χ0) is 27.9. The molecule has 0 spiro atoms. The molecule has 0 atom stereocenters. The second-order valence-electron chi connectivity index (χ2n) is 12.2. The first-order chi connectivity index (χ1) is 19.8. The summed E-state index contributed by atoms with van der Waals surface area (Å²) in [6, 6.07) is 39.1. The first-order valence-corrected chi connectivity index (χ1v) is 14.3. The van der Waals surface area contributed by atoms with Gasteiger partial charge in [-0.15, -0.1) is 0 Å². The summed E-state index contributed by atoms with van der Waals surface area (Å²) in [7, 11) is -0.436. The zero-order valence-corrected chi connectivity index (χ0v) is 23.7. The lowest BCUT2D eigenvalue weighted by molar-refractivity contribution is 0.00578. The van der Waals surface area contributed by atoms with Gasteiger partial charge in [-0.1, -0.05) is 78.9 Å². The molecular weight excluding hydrogens is 503 g/mol. The molecule has 41 heavy (non-hydrogen) atoms. The van der Waals surface area contributed by atoms with E-state index in [1.54, 1.807) is 0 Å². The predicted octanol–water partition coefficient (Wildman–Crippen LogP) is 8.38. The molecule has 0 aliphatic carbocycles. The first-order valence-electron chi connectivity index (χ1n) is 14.3. The van der Waals surface area contributed by atoms with E-state index in [4.69, 9.17) is 9.31 Å². The van der Waals surface area contributed by atoms with Gasteiger partial charge in [0, 0.05) is 38.3 Å². The maximum absolute atomic E-state index is 6.49. The van der Waals surface area contributed by atoms with Crippen molar-refractivity contribution in [2.45, 2.75) is 38.9 Å². The van der Waals surface area contributed by atoms with E-state index in [-0.39, 0.29) is 0 Å². The number of benzene rings is 5. The predicted molar refractivity (Wildman–Crippen MR) is 171 cm³/mol. The minimum absolute atomic E-state index is 0.406. The number of hydrogen-bond donors (Lipinski definition) is 1. The van der Waals surface area contributed by atoms with E-state index in [2.05, 4.69) is 146 Å². The van der Waals surface area contributed by atoms with E-state index < -0.39 is 18.3 Å². The van der Waals surface area contributed by atoms with Crippen molar-refractivity contribution in [3.63, 3.8) is 0 Å². The summed E-state index contributed by atoms with van der Waals surface area (Å²) in [5.41, 5.74) is 8.30. The number of para-hydroxylation sites is 3. The van der Waals surface area contributed by atoms with Crippen molar-refractivity contribution in [2.24, 2.45) is 0 Å². The zero-order valence-electron chi connectivity index (χ0n) is 23.7. The molecule has 1 saturated heterocycles. The highest BCUT2D eigenvalue weighted by atomic mass is 16.7. The molecule has 0 amide bonds. The van der Waals surface area contributed by atoms with Crippen molar-refractivity contribution >= 4 is 56.2 Å². The molecule has 0 saturated carbocycles. The fourth-order valence-corrected chi connectivity index (χ4v) is 6.31. The fraction of sp³-hybridized carbons (Fsp3) is 0.167. The Kier molecular flexibility index (Phi) is 5.13. The molecule has 5 heteroatoms. The third-order valence-electron chi connectivity index (χ3n) is 9.18. The van der Waals surface area contributed by atoms with Crippen LogP contribution in [0.15, 0.2) is 109 Å². The van der Waals surface area contributed by atoms with Crippen molar-refractivity contribution in [3.8, 4) is 16.8 Å². The van der Waals surface area contributed by atoms with Gasteiger partial charge in [0.1, 0.15) is 0 Å². The molecule has 0 unspecified atom stereocenters. The molecule has 1 fully saturated rings. The van der Waals surface area contributed by atoms with E-state index in [9.17, 15) is 0 Å². The molecule has 3 heterocycles. The van der Waals surface area contributed by atoms with E-state index in [0.29, 0.717) is 0 Å². The average molecular weight is 534 g/mol. The Labute approximate surface area is 239 Å². The molecular formula is C36H31BN2O2. The third-order valence-corrected chi connectivity index (χ3v) is 9.18. The van der Waals surface area contributed by atoms with Crippen LogP contribution >= 0.6 is 0 Å². The summed E-state index contributed by atoms with van der Waals surface area (Å²) in [6.45, 7) is 8.41. The van der Waals surface area contributed by atoms with E-state index in [1.165, 1.54) is 32.6 Å². The largest absolute Gasteiger partial charge is 0.494 e. The number of nitrogens with zero attached hydrogens (tertiary/aromatic N) is 1. The van der Waals surface area contributed by atoms with Gasteiger partial charge in [0.2, 0.25) is 0 Å². The molecule has 8 rings (SSSR count). The number of fused-ring (bicyclic) bond motifs is 6. The highest BCUT2D eigenvalue weighted by molar-refractivity contribution is 6.62. The maximum Gasteiger partial charge on any atom is 0.494 e. The van der Waals surface area contributed by atoms with Crippen molar-refractivity contribution in [1.29, 1.82) is 0 Å². The van der Waals surface area contributed by atoms with Gasteiger partial charge in [0.05, 0.1) is 27.8 Å². The lowest BCUT2D eigenvalue weighted by Gasteiger charge is -2.32. The number of rotatable bonds is 3. The van der Waals surface area contributed by atoms with Crippen molar-refractivity contribution in [2.75, 3.05) is 0 Å². The molecule has 7 aromatic rings. The quantitative estimate of drug-likeness (QED) is 0.231. The van der Waals surface area contributed by atoms with Crippen LogP contribution in [0.2, 0.25) is 0 Å². The van der Waals surface area contributed by atoms with Crippen LogP contribution in [0.3, 0.4) is 0 Å². The molecule has 0 bridgehead atoms. The second kappa shape index (κ2) is 8.59. The fourth-order valence-electron chi connectivity index (χ4n) is 6.31. The van der Waals surface area contributed by atoms with Gasteiger partial charge in [-0.05, 0) is 69.1 Å². The van der Waals surface area contributed by atoms with E-state index >= 15 is 0 Å². The van der Waals surface area contributed by atoms with Crippen LogP contribution in [0.1, 0.15) is 27.7 Å². The second-order valence-corrected chi connectivity index (χ2v) is 12.2. The SMILES string of the molecule is CC1(C)OB(c2cc(-c3ccc(-n4c5ccccc5c5ccccc54)cc3)c3[nH]c4ccccc4c3c2)OC1(C)C. The van der Waals surface area contributed by atoms with Crippen LogP contribution in [0, 0.1) is 0 Å². The van der Waals surface area contributed by atoms with E-state index in [1.807, 2.05) is 0 Å². The summed E-state index contributed by atoms with van der Waals surface area (Å²) in [5.74, 6) is 0. The maximum atomic E-state index is 6.49. The Hall–Kier alpha value is -4.32. The Bertz CT molecular complexity index is 2050. The van der Waals surface area contributed by atoms with Gasteiger partial charge in [0.15, 0.2) is 0 Å². The number of aromatic nitrogens is 2.